The Morgan fingerprint density at radius 1 is 0.367 bits per heavy atom. The molecule has 10 aliphatic rings. The minimum absolute atomic E-state index is 0. The van der Waals surface area contributed by atoms with Gasteiger partial charge in [0, 0.05) is 39.6 Å². The van der Waals surface area contributed by atoms with Crippen LogP contribution in [0.4, 0.5) is 0 Å². The molecular weight excluding hydrogens is 1180 g/mol. The van der Waals surface area contributed by atoms with Crippen LogP contribution in [0.15, 0.2) is 0 Å². The van der Waals surface area contributed by atoms with Crippen molar-refractivity contribution in [2.75, 3.05) is 119 Å². The van der Waals surface area contributed by atoms with Gasteiger partial charge in [-0.25, -0.2) is 0 Å². The molecule has 90 heavy (non-hydrogen) atoms. The number of rotatable bonds is 43. The van der Waals surface area contributed by atoms with Gasteiger partial charge in [-0.2, -0.15) is 0 Å². The summed E-state index contributed by atoms with van der Waals surface area (Å²) in [5.74, 6) is 1.99. The lowest BCUT2D eigenvalue weighted by molar-refractivity contribution is 0.0323. The fraction of sp³-hybridized carbons (Fsp3) is 1.00. The standard InChI is InChI=1S/C18H40O5Si2.2C9H16O.4C7H14O2.C6H12O.2CH4/c1-6-9-17(19)14-20-10-7-12-24(2,3)23-25(4,5)13-8-11-21-15-18-16-22-18;2*1-2-3-7-4-5-8-9(6-7)10-8;4*1-2-3-4-8-5-7-6-9-7;1-2-3-4-6-5-7-6;;/h17-19H,6-16H2,1-5H3;2*7-9H,2-6H2,1H3;4*7H,2-6H2,1H3;6H,2-5H2,1H3;2*1H4. The van der Waals surface area contributed by atoms with E-state index in [1.807, 2.05) is 0 Å². The Balaban J connectivity index is 0.000000535. The SMILES string of the molecule is C.C.CCCC(O)COCCC[Si](C)(C)O[Si](C)(C)CCCOCC1CO1.CCCC1CCC2OC2C1.CCCC1CCC2OC2C1.CCCCC1CO1.CCCCOCC1CO1.CCCCOCC1CO1.CCCCOCC1CO1.CCCCOCC1CO1. The smallest absolute Gasteiger partial charge is 0.173 e. The van der Waals surface area contributed by atoms with Crippen molar-refractivity contribution in [3.05, 3.63) is 0 Å². The molecule has 8 heterocycles. The number of hydrogen-bond acceptors (Lipinski definition) is 16. The van der Waals surface area contributed by atoms with Crippen LogP contribution in [0.2, 0.25) is 38.3 Å². The summed E-state index contributed by atoms with van der Waals surface area (Å²) in [6, 6.07) is 2.26. The highest BCUT2D eigenvalue weighted by Gasteiger charge is 2.44. The van der Waals surface area contributed by atoms with Gasteiger partial charge in [0.1, 0.15) is 30.5 Å². The molecule has 0 aromatic carbocycles. The van der Waals surface area contributed by atoms with Gasteiger partial charge < -0.3 is 75.5 Å². The molecule has 0 amide bonds. The molecular formula is C72H148O16Si2. The summed E-state index contributed by atoms with van der Waals surface area (Å²) < 4.78 is 79.9. The first-order valence-corrected chi connectivity index (χ1v) is 42.8. The van der Waals surface area contributed by atoms with Crippen LogP contribution in [0, 0.1) is 11.8 Å². The van der Waals surface area contributed by atoms with Crippen LogP contribution in [0.3, 0.4) is 0 Å². The Morgan fingerprint density at radius 3 is 0.956 bits per heavy atom. The van der Waals surface area contributed by atoms with Crippen molar-refractivity contribution in [3.63, 3.8) is 0 Å². The van der Waals surface area contributed by atoms with Crippen molar-refractivity contribution in [1.29, 1.82) is 0 Å². The van der Waals surface area contributed by atoms with Gasteiger partial charge in [-0.05, 0) is 140 Å². The number of unbranched alkanes of at least 4 members (excludes halogenated alkanes) is 5. The summed E-state index contributed by atoms with van der Waals surface area (Å²) in [4.78, 5) is 0. The quantitative estimate of drug-likeness (QED) is 0.0345. The first-order valence-electron chi connectivity index (χ1n) is 36.5. The second kappa shape index (κ2) is 55.8. The first-order chi connectivity index (χ1) is 42.7. The predicted molar refractivity (Wildman–Crippen MR) is 374 cm³/mol. The Bertz CT molecular complexity index is 1440. The molecule has 0 bridgehead atoms. The normalized spacial score (nSPS) is 27.2. The number of epoxide rings is 8. The van der Waals surface area contributed by atoms with E-state index in [4.69, 9.17) is 70.4 Å². The number of fused-ring (bicyclic) bond motifs is 2. The van der Waals surface area contributed by atoms with Crippen LogP contribution in [-0.4, -0.2) is 208 Å². The topological polar surface area (TPSA) is 185 Å². The highest BCUT2D eigenvalue weighted by molar-refractivity contribution is 6.84. The molecule has 1 N–H and O–H groups in total. The number of aliphatic hydroxyl groups excluding tert-OH is 1. The Labute approximate surface area is 556 Å². The Hall–Kier alpha value is -0.206. The number of aliphatic hydroxyl groups is 1. The fourth-order valence-electron chi connectivity index (χ4n) is 10.5. The van der Waals surface area contributed by atoms with E-state index in [0.717, 1.165) is 162 Å². The molecule has 540 valence electrons. The fourth-order valence-corrected chi connectivity index (χ4v) is 19.3. The zero-order valence-corrected chi connectivity index (χ0v) is 60.9. The molecule has 13 atom stereocenters. The van der Waals surface area contributed by atoms with Crippen LogP contribution in [0.1, 0.15) is 231 Å². The van der Waals surface area contributed by atoms with Crippen molar-refractivity contribution >= 4 is 16.6 Å². The van der Waals surface area contributed by atoms with E-state index >= 15 is 0 Å². The maximum Gasteiger partial charge on any atom is 0.173 e. The first kappa shape index (κ1) is 87.8. The van der Waals surface area contributed by atoms with Crippen LogP contribution >= 0.6 is 0 Å². The maximum absolute atomic E-state index is 9.66. The molecule has 8 saturated heterocycles. The molecule has 10 rings (SSSR count). The van der Waals surface area contributed by atoms with Gasteiger partial charge in [-0.3, -0.25) is 0 Å². The number of ether oxygens (including phenoxy) is 14. The third kappa shape index (κ3) is 55.9. The third-order valence-corrected chi connectivity index (χ3v) is 24.2. The summed E-state index contributed by atoms with van der Waals surface area (Å²) in [6.45, 7) is 41.9. The molecule has 2 aliphatic carbocycles. The third-order valence-electron chi connectivity index (χ3n) is 16.6. The largest absolute Gasteiger partial charge is 0.455 e. The average Bonchev–Trinajstić information content (AvgIpc) is 2.26. The van der Waals surface area contributed by atoms with E-state index in [0.29, 0.717) is 67.6 Å². The minimum Gasteiger partial charge on any atom is -0.455 e. The van der Waals surface area contributed by atoms with Crippen LogP contribution in [-0.2, 0) is 70.4 Å². The molecule has 0 spiro atoms. The summed E-state index contributed by atoms with van der Waals surface area (Å²) >= 11 is 0. The summed E-state index contributed by atoms with van der Waals surface area (Å²) in [7, 11) is -3.28. The maximum atomic E-state index is 9.66. The van der Waals surface area contributed by atoms with Gasteiger partial charge in [-0.15, -0.1) is 0 Å². The molecule has 2 saturated carbocycles. The van der Waals surface area contributed by atoms with Gasteiger partial charge in [0.2, 0.25) is 0 Å². The molecule has 0 aromatic rings. The minimum atomic E-state index is -1.65. The van der Waals surface area contributed by atoms with Crippen molar-refractivity contribution in [2.24, 2.45) is 11.8 Å². The Kier molecular flexibility index (Phi) is 54.4. The zero-order valence-electron chi connectivity index (χ0n) is 58.9. The summed E-state index contributed by atoms with van der Waals surface area (Å²) in [5, 5.41) is 9.66. The second-order valence-electron chi connectivity index (χ2n) is 27.4. The van der Waals surface area contributed by atoms with Crippen molar-refractivity contribution in [1.82, 2.24) is 0 Å². The molecule has 16 nitrogen and oxygen atoms in total. The lowest BCUT2D eigenvalue weighted by atomic mass is 9.86. The highest BCUT2D eigenvalue weighted by atomic mass is 28.4. The monoisotopic (exact) mass is 1330 g/mol. The Morgan fingerprint density at radius 2 is 0.678 bits per heavy atom. The van der Waals surface area contributed by atoms with Gasteiger partial charge in [-0.1, -0.05) is 141 Å². The zero-order chi connectivity index (χ0) is 63.9. The van der Waals surface area contributed by atoms with Gasteiger partial charge >= 0.3 is 0 Å². The lowest BCUT2D eigenvalue weighted by Crippen LogP contribution is -2.44. The van der Waals surface area contributed by atoms with Crippen molar-refractivity contribution in [3.8, 4) is 0 Å². The lowest BCUT2D eigenvalue weighted by Gasteiger charge is -2.34. The average molecular weight is 1330 g/mol. The van der Waals surface area contributed by atoms with Crippen molar-refractivity contribution < 1.29 is 75.5 Å². The van der Waals surface area contributed by atoms with E-state index in [-0.39, 0.29) is 21.0 Å². The molecule has 8 aliphatic heterocycles. The van der Waals surface area contributed by atoms with Gasteiger partial charge in [0.05, 0.1) is 116 Å². The van der Waals surface area contributed by atoms with E-state index in [2.05, 4.69) is 81.6 Å². The highest BCUT2D eigenvalue weighted by Crippen LogP contribution is 2.42. The van der Waals surface area contributed by atoms with Gasteiger partial charge in [0.15, 0.2) is 16.6 Å². The predicted octanol–water partition coefficient (Wildman–Crippen LogP) is 16.1. The van der Waals surface area contributed by atoms with Gasteiger partial charge in [0.25, 0.3) is 0 Å². The molecule has 0 radical (unpaired) electrons. The molecule has 10 fully saturated rings. The second-order valence-corrected chi connectivity index (χ2v) is 36.2. The molecule has 18 heteroatoms. The van der Waals surface area contributed by atoms with E-state index in [1.54, 1.807) is 0 Å². The van der Waals surface area contributed by atoms with Crippen molar-refractivity contribution in [2.45, 2.75) is 336 Å². The van der Waals surface area contributed by atoms with E-state index < -0.39 is 16.6 Å². The van der Waals surface area contributed by atoms with E-state index in [1.165, 1.54) is 135 Å². The van der Waals surface area contributed by atoms with Crippen LogP contribution < -0.4 is 0 Å². The van der Waals surface area contributed by atoms with E-state index in [9.17, 15) is 5.11 Å². The summed E-state index contributed by atoms with van der Waals surface area (Å²) in [5.41, 5.74) is 0. The number of hydrogen-bond donors (Lipinski definition) is 1. The van der Waals surface area contributed by atoms with Crippen LogP contribution in [0.25, 0.3) is 0 Å². The summed E-state index contributed by atoms with van der Waals surface area (Å²) in [6.07, 6.45) is 36.4. The molecule has 0 aromatic heterocycles. The van der Waals surface area contributed by atoms with Crippen LogP contribution in [0.5, 0.6) is 0 Å². The molecule has 13 unspecified atom stereocenters.